The summed E-state index contributed by atoms with van der Waals surface area (Å²) in [6.07, 6.45) is 2.54. The van der Waals surface area contributed by atoms with E-state index in [0.29, 0.717) is 30.3 Å². The van der Waals surface area contributed by atoms with Gasteiger partial charge in [0.25, 0.3) is 11.5 Å². The van der Waals surface area contributed by atoms with Crippen molar-refractivity contribution in [3.05, 3.63) is 52.1 Å². The van der Waals surface area contributed by atoms with Crippen molar-refractivity contribution in [2.45, 2.75) is 25.8 Å². The summed E-state index contributed by atoms with van der Waals surface area (Å²) in [4.78, 5) is 44.5. The Kier molecular flexibility index (Phi) is 4.53. The van der Waals surface area contributed by atoms with Crippen LogP contribution in [0, 0.1) is 5.92 Å². The SMILES string of the molecule is CC(=O)N1C[C@@H]2C[C@H](C1)c1cc(-c3ccc(C(=O)N(C)C)cn3)cc(=O)n1C2. The highest BCUT2D eigenvalue weighted by atomic mass is 16.2. The van der Waals surface area contributed by atoms with Crippen molar-refractivity contribution >= 4 is 11.8 Å². The molecule has 2 aliphatic heterocycles. The highest BCUT2D eigenvalue weighted by molar-refractivity contribution is 5.93. The Morgan fingerprint density at radius 3 is 2.57 bits per heavy atom. The molecule has 0 N–H and O–H groups in total. The molecule has 2 atom stereocenters. The number of fused-ring (bicyclic) bond motifs is 4. The molecule has 1 saturated heterocycles. The zero-order valence-electron chi connectivity index (χ0n) is 16.4. The molecule has 146 valence electrons. The van der Waals surface area contributed by atoms with E-state index in [0.717, 1.165) is 24.2 Å². The molecule has 0 saturated carbocycles. The monoisotopic (exact) mass is 380 g/mol. The Morgan fingerprint density at radius 1 is 1.14 bits per heavy atom. The molecule has 7 heteroatoms. The minimum atomic E-state index is -0.109. The van der Waals surface area contributed by atoms with Crippen molar-refractivity contribution in [1.29, 1.82) is 0 Å². The molecule has 2 bridgehead atoms. The first-order chi connectivity index (χ1) is 13.3. The van der Waals surface area contributed by atoms with Gasteiger partial charge >= 0.3 is 0 Å². The Bertz CT molecular complexity index is 994. The molecule has 0 spiro atoms. The summed E-state index contributed by atoms with van der Waals surface area (Å²) < 4.78 is 1.85. The van der Waals surface area contributed by atoms with E-state index < -0.39 is 0 Å². The van der Waals surface area contributed by atoms with Gasteiger partial charge in [-0.1, -0.05) is 0 Å². The summed E-state index contributed by atoms with van der Waals surface area (Å²) in [6.45, 7) is 3.63. The third-order valence-electron chi connectivity index (χ3n) is 5.71. The number of hydrogen-bond donors (Lipinski definition) is 0. The predicted octanol–water partition coefficient (Wildman–Crippen LogP) is 1.58. The van der Waals surface area contributed by atoms with Crippen LogP contribution in [0.4, 0.5) is 0 Å². The summed E-state index contributed by atoms with van der Waals surface area (Å²) in [5.74, 6) is 0.471. The summed E-state index contributed by atoms with van der Waals surface area (Å²) in [5.41, 5.74) is 2.86. The quantitative estimate of drug-likeness (QED) is 0.793. The molecule has 0 aromatic carbocycles. The van der Waals surface area contributed by atoms with Gasteiger partial charge in [-0.25, -0.2) is 0 Å². The molecule has 0 radical (unpaired) electrons. The molecular weight excluding hydrogens is 356 g/mol. The molecular formula is C21H24N4O3. The lowest BCUT2D eigenvalue weighted by molar-refractivity contribution is -0.131. The average Bonchev–Trinajstić information content (AvgIpc) is 2.68. The summed E-state index contributed by atoms with van der Waals surface area (Å²) in [6, 6.07) is 7.14. The smallest absolute Gasteiger partial charge is 0.254 e. The number of pyridine rings is 2. The van der Waals surface area contributed by atoms with Crippen molar-refractivity contribution in [3.63, 3.8) is 0 Å². The van der Waals surface area contributed by atoms with Gasteiger partial charge in [0, 0.05) is 70.1 Å². The third-order valence-corrected chi connectivity index (χ3v) is 5.71. The fourth-order valence-electron chi connectivity index (χ4n) is 4.31. The molecule has 2 amide bonds. The van der Waals surface area contributed by atoms with Crippen LogP contribution in [-0.4, -0.2) is 58.4 Å². The number of hydrogen-bond acceptors (Lipinski definition) is 4. The topological polar surface area (TPSA) is 75.5 Å². The molecule has 2 aromatic rings. The first kappa shape index (κ1) is 18.4. The highest BCUT2D eigenvalue weighted by Crippen LogP contribution is 2.36. The third kappa shape index (κ3) is 3.21. The second-order valence-corrected chi connectivity index (χ2v) is 7.97. The van der Waals surface area contributed by atoms with Crippen LogP contribution >= 0.6 is 0 Å². The van der Waals surface area contributed by atoms with E-state index in [4.69, 9.17) is 0 Å². The molecule has 4 heterocycles. The minimum absolute atomic E-state index is 0.0336. The van der Waals surface area contributed by atoms with E-state index in [2.05, 4.69) is 4.98 Å². The van der Waals surface area contributed by atoms with E-state index in [1.165, 1.54) is 4.90 Å². The molecule has 4 rings (SSSR count). The van der Waals surface area contributed by atoms with E-state index in [9.17, 15) is 14.4 Å². The normalized spacial score (nSPS) is 20.5. The Hall–Kier alpha value is -2.96. The lowest BCUT2D eigenvalue weighted by Gasteiger charge is -2.42. The van der Waals surface area contributed by atoms with Crippen molar-refractivity contribution in [1.82, 2.24) is 19.4 Å². The Morgan fingerprint density at radius 2 is 1.93 bits per heavy atom. The number of amides is 2. The van der Waals surface area contributed by atoms with Gasteiger partial charge in [0.15, 0.2) is 0 Å². The number of likely N-dealkylation sites (tertiary alicyclic amines) is 1. The maximum atomic E-state index is 12.8. The van der Waals surface area contributed by atoms with Gasteiger partial charge < -0.3 is 14.4 Å². The number of carbonyl (C=O) groups is 2. The van der Waals surface area contributed by atoms with Gasteiger partial charge in [-0.15, -0.1) is 0 Å². The van der Waals surface area contributed by atoms with Gasteiger partial charge in [-0.3, -0.25) is 19.4 Å². The van der Waals surface area contributed by atoms with E-state index >= 15 is 0 Å². The molecule has 2 aliphatic rings. The summed E-state index contributed by atoms with van der Waals surface area (Å²) in [7, 11) is 3.39. The standard InChI is InChI=1S/C21H24N4O3/c1-13(26)24-10-14-6-17(12-24)19-7-16(8-20(27)25(19)11-14)18-5-4-15(9-22-18)21(28)23(2)3/h4-5,7-9,14,17H,6,10-12H2,1-3H3/t14-,17+/m0/s1. The van der Waals surface area contributed by atoms with Gasteiger partial charge in [0.1, 0.15) is 0 Å². The first-order valence-electron chi connectivity index (χ1n) is 9.52. The molecule has 2 aromatic heterocycles. The molecule has 28 heavy (non-hydrogen) atoms. The number of aromatic nitrogens is 2. The Balaban J connectivity index is 1.69. The Labute approximate surface area is 163 Å². The molecule has 1 fully saturated rings. The summed E-state index contributed by atoms with van der Waals surface area (Å²) in [5, 5.41) is 0. The van der Waals surface area contributed by atoms with Crippen molar-refractivity contribution in [3.8, 4) is 11.3 Å². The average molecular weight is 380 g/mol. The second kappa shape index (κ2) is 6.89. The van der Waals surface area contributed by atoms with Crippen molar-refractivity contribution in [2.75, 3.05) is 27.2 Å². The van der Waals surface area contributed by atoms with Gasteiger partial charge in [-0.2, -0.15) is 0 Å². The van der Waals surface area contributed by atoms with Crippen LogP contribution in [-0.2, 0) is 11.3 Å². The number of carbonyl (C=O) groups excluding carboxylic acids is 2. The zero-order valence-corrected chi connectivity index (χ0v) is 16.4. The number of rotatable bonds is 2. The van der Waals surface area contributed by atoms with Crippen LogP contribution in [0.15, 0.2) is 35.3 Å². The van der Waals surface area contributed by atoms with Crippen LogP contribution in [0.5, 0.6) is 0 Å². The molecule has 7 nitrogen and oxygen atoms in total. The van der Waals surface area contributed by atoms with Gasteiger partial charge in [0.05, 0.1) is 11.3 Å². The van der Waals surface area contributed by atoms with Gasteiger partial charge in [0.2, 0.25) is 5.91 Å². The number of piperidine rings is 1. The predicted molar refractivity (Wildman–Crippen MR) is 105 cm³/mol. The van der Waals surface area contributed by atoms with Crippen LogP contribution in [0.1, 0.15) is 35.3 Å². The number of nitrogens with zero attached hydrogens (tertiary/aromatic N) is 4. The lowest BCUT2D eigenvalue weighted by Crippen LogP contribution is -2.48. The second-order valence-electron chi connectivity index (χ2n) is 7.97. The van der Waals surface area contributed by atoms with Crippen molar-refractivity contribution in [2.24, 2.45) is 5.92 Å². The van der Waals surface area contributed by atoms with Crippen molar-refractivity contribution < 1.29 is 9.59 Å². The zero-order chi connectivity index (χ0) is 20.0. The first-order valence-corrected chi connectivity index (χ1v) is 9.52. The summed E-state index contributed by atoms with van der Waals surface area (Å²) >= 11 is 0. The fourth-order valence-corrected chi connectivity index (χ4v) is 4.31. The lowest BCUT2D eigenvalue weighted by atomic mass is 9.82. The van der Waals surface area contributed by atoms with E-state index in [1.54, 1.807) is 45.4 Å². The van der Waals surface area contributed by atoms with Crippen LogP contribution in [0.2, 0.25) is 0 Å². The van der Waals surface area contributed by atoms with Gasteiger partial charge in [-0.05, 0) is 30.5 Å². The van der Waals surface area contributed by atoms with E-state index in [1.807, 2.05) is 15.5 Å². The van der Waals surface area contributed by atoms with Crippen LogP contribution in [0.25, 0.3) is 11.3 Å². The van der Waals surface area contributed by atoms with E-state index in [-0.39, 0.29) is 23.3 Å². The van der Waals surface area contributed by atoms with Crippen LogP contribution < -0.4 is 5.56 Å². The minimum Gasteiger partial charge on any atom is -0.345 e. The fraction of sp³-hybridized carbons (Fsp3) is 0.429. The maximum Gasteiger partial charge on any atom is 0.254 e. The highest BCUT2D eigenvalue weighted by Gasteiger charge is 2.35. The molecule has 0 unspecified atom stereocenters. The van der Waals surface area contributed by atoms with Crippen LogP contribution in [0.3, 0.4) is 0 Å². The maximum absolute atomic E-state index is 12.8. The molecule has 0 aliphatic carbocycles. The largest absolute Gasteiger partial charge is 0.345 e.